The molecule has 1 fully saturated rings. The standard InChI is InChI=1S/C15H19ClN2O4/c16-11-1-2-13-12(7-11)18(4-6-22-13)8-14(20)17-15(9-19)3-5-21-10-15/h1-2,7,19H,3-6,8-10H2,(H,17,20). The molecule has 0 aromatic heterocycles. The SMILES string of the molecule is O=C(CN1CCOc2ccc(Cl)cc21)NC1(CO)CCOC1. The van der Waals surface area contributed by atoms with E-state index < -0.39 is 5.54 Å². The molecule has 6 nitrogen and oxygen atoms in total. The van der Waals surface area contributed by atoms with Crippen LogP contribution >= 0.6 is 11.6 Å². The predicted molar refractivity (Wildman–Crippen MR) is 82.6 cm³/mol. The van der Waals surface area contributed by atoms with E-state index in [1.165, 1.54) is 0 Å². The second kappa shape index (κ2) is 6.32. The quantitative estimate of drug-likeness (QED) is 0.856. The van der Waals surface area contributed by atoms with Crippen molar-refractivity contribution in [2.24, 2.45) is 0 Å². The van der Waals surface area contributed by atoms with Crippen LogP contribution in [0.4, 0.5) is 5.69 Å². The molecule has 2 aliphatic rings. The van der Waals surface area contributed by atoms with Gasteiger partial charge in [-0.3, -0.25) is 4.79 Å². The molecule has 0 aliphatic carbocycles. The van der Waals surface area contributed by atoms with Crippen LogP contribution in [0.25, 0.3) is 0 Å². The van der Waals surface area contributed by atoms with Crippen LogP contribution in [0.3, 0.4) is 0 Å². The first-order valence-corrected chi connectivity index (χ1v) is 7.67. The van der Waals surface area contributed by atoms with Crippen molar-refractivity contribution in [2.75, 3.05) is 44.4 Å². The zero-order valence-electron chi connectivity index (χ0n) is 12.2. The number of halogens is 1. The molecular formula is C15H19ClN2O4. The fraction of sp³-hybridized carbons (Fsp3) is 0.533. The Morgan fingerprint density at radius 1 is 1.45 bits per heavy atom. The molecule has 2 aliphatic heterocycles. The van der Waals surface area contributed by atoms with Crippen LogP contribution in [0.15, 0.2) is 18.2 Å². The molecule has 0 radical (unpaired) electrons. The third kappa shape index (κ3) is 3.14. The van der Waals surface area contributed by atoms with Crippen molar-refractivity contribution < 1.29 is 19.4 Å². The summed E-state index contributed by atoms with van der Waals surface area (Å²) in [6.07, 6.45) is 0.626. The van der Waals surface area contributed by atoms with Crippen molar-refractivity contribution in [2.45, 2.75) is 12.0 Å². The van der Waals surface area contributed by atoms with Gasteiger partial charge in [-0.15, -0.1) is 0 Å². The summed E-state index contributed by atoms with van der Waals surface area (Å²) < 4.78 is 10.9. The van der Waals surface area contributed by atoms with E-state index in [2.05, 4.69) is 5.32 Å². The third-order valence-corrected chi connectivity index (χ3v) is 4.26. The number of hydrogen-bond donors (Lipinski definition) is 2. The van der Waals surface area contributed by atoms with Crippen LogP contribution < -0.4 is 15.0 Å². The summed E-state index contributed by atoms with van der Waals surface area (Å²) in [5.41, 5.74) is 0.162. The first-order valence-electron chi connectivity index (χ1n) is 7.29. The largest absolute Gasteiger partial charge is 0.490 e. The Bertz CT molecular complexity index is 560. The number of hydrogen-bond acceptors (Lipinski definition) is 5. The number of aliphatic hydroxyl groups is 1. The van der Waals surface area contributed by atoms with E-state index in [1.807, 2.05) is 11.0 Å². The van der Waals surface area contributed by atoms with E-state index in [-0.39, 0.29) is 19.1 Å². The number of anilines is 1. The van der Waals surface area contributed by atoms with Gasteiger partial charge in [-0.1, -0.05) is 11.6 Å². The van der Waals surface area contributed by atoms with Gasteiger partial charge in [-0.05, 0) is 24.6 Å². The lowest BCUT2D eigenvalue weighted by Gasteiger charge is -2.33. The molecule has 1 aromatic carbocycles. The molecule has 0 saturated carbocycles. The van der Waals surface area contributed by atoms with Gasteiger partial charge in [0.05, 0.1) is 37.5 Å². The topological polar surface area (TPSA) is 71.0 Å². The highest BCUT2D eigenvalue weighted by Crippen LogP contribution is 2.33. The van der Waals surface area contributed by atoms with Crippen LogP contribution in [0, 0.1) is 0 Å². The Morgan fingerprint density at radius 2 is 2.32 bits per heavy atom. The van der Waals surface area contributed by atoms with Crippen LogP contribution in [0.1, 0.15) is 6.42 Å². The minimum Gasteiger partial charge on any atom is -0.490 e. The highest BCUT2D eigenvalue weighted by Gasteiger charge is 2.36. The molecule has 1 unspecified atom stereocenters. The summed E-state index contributed by atoms with van der Waals surface area (Å²) in [4.78, 5) is 14.3. The minimum atomic E-state index is -0.652. The second-order valence-electron chi connectivity index (χ2n) is 5.67. The number of carbonyl (C=O) groups is 1. The number of nitrogens with one attached hydrogen (secondary N) is 1. The first-order chi connectivity index (χ1) is 10.6. The molecule has 2 heterocycles. The number of fused-ring (bicyclic) bond motifs is 1. The molecule has 120 valence electrons. The van der Waals surface area contributed by atoms with Crippen molar-refractivity contribution in [3.8, 4) is 5.75 Å². The normalized spacial score (nSPS) is 23.8. The number of benzene rings is 1. The van der Waals surface area contributed by atoms with Crippen molar-refractivity contribution in [1.29, 1.82) is 0 Å². The maximum absolute atomic E-state index is 12.3. The van der Waals surface area contributed by atoms with Gasteiger partial charge in [0.1, 0.15) is 12.4 Å². The summed E-state index contributed by atoms with van der Waals surface area (Å²) >= 11 is 6.03. The van der Waals surface area contributed by atoms with Crippen molar-refractivity contribution in [3.05, 3.63) is 23.2 Å². The van der Waals surface area contributed by atoms with E-state index in [4.69, 9.17) is 21.1 Å². The van der Waals surface area contributed by atoms with E-state index in [1.54, 1.807) is 12.1 Å². The summed E-state index contributed by atoms with van der Waals surface area (Å²) in [6.45, 7) is 2.11. The maximum Gasteiger partial charge on any atom is 0.240 e. The molecule has 0 bridgehead atoms. The van der Waals surface area contributed by atoms with E-state index in [0.717, 1.165) is 11.4 Å². The number of aliphatic hydroxyl groups excluding tert-OH is 1. The first kappa shape index (κ1) is 15.4. The second-order valence-corrected chi connectivity index (χ2v) is 6.11. The van der Waals surface area contributed by atoms with Gasteiger partial charge in [0.25, 0.3) is 0 Å². The van der Waals surface area contributed by atoms with Crippen molar-refractivity contribution in [3.63, 3.8) is 0 Å². The average molecular weight is 327 g/mol. The zero-order chi connectivity index (χ0) is 15.6. The molecule has 2 N–H and O–H groups in total. The number of amides is 1. The lowest BCUT2D eigenvalue weighted by molar-refractivity contribution is -0.122. The van der Waals surface area contributed by atoms with Gasteiger partial charge in [0.15, 0.2) is 0 Å². The Kier molecular flexibility index (Phi) is 4.42. The summed E-state index contributed by atoms with van der Waals surface area (Å²) in [5, 5.41) is 13.0. The lowest BCUT2D eigenvalue weighted by atomic mass is 10.00. The average Bonchev–Trinajstić information content (AvgIpc) is 2.97. The van der Waals surface area contributed by atoms with E-state index in [9.17, 15) is 9.90 Å². The molecule has 1 saturated heterocycles. The predicted octanol–water partition coefficient (Wildman–Crippen LogP) is 0.806. The molecule has 0 spiro atoms. The van der Waals surface area contributed by atoms with Gasteiger partial charge in [0.2, 0.25) is 5.91 Å². The van der Waals surface area contributed by atoms with Crippen molar-refractivity contribution in [1.82, 2.24) is 5.32 Å². The molecule has 7 heteroatoms. The molecule has 3 rings (SSSR count). The third-order valence-electron chi connectivity index (χ3n) is 4.03. The monoisotopic (exact) mass is 326 g/mol. The van der Waals surface area contributed by atoms with Crippen molar-refractivity contribution >= 4 is 23.2 Å². The van der Waals surface area contributed by atoms with Gasteiger partial charge in [-0.25, -0.2) is 0 Å². The smallest absolute Gasteiger partial charge is 0.240 e. The number of rotatable bonds is 4. The van der Waals surface area contributed by atoms with Crippen LogP contribution in [-0.4, -0.2) is 56.1 Å². The maximum atomic E-state index is 12.3. The highest BCUT2D eigenvalue weighted by atomic mass is 35.5. The molecule has 22 heavy (non-hydrogen) atoms. The molecular weight excluding hydrogens is 308 g/mol. The van der Waals surface area contributed by atoms with Crippen LogP contribution in [0.2, 0.25) is 5.02 Å². The lowest BCUT2D eigenvalue weighted by Crippen LogP contribution is -2.55. The molecule has 1 aromatic rings. The summed E-state index contributed by atoms with van der Waals surface area (Å²) in [5.74, 6) is 0.580. The Labute approximate surface area is 134 Å². The van der Waals surface area contributed by atoms with Gasteiger partial charge in [0, 0.05) is 11.6 Å². The highest BCUT2D eigenvalue weighted by molar-refractivity contribution is 6.31. The zero-order valence-corrected chi connectivity index (χ0v) is 12.9. The molecule has 1 amide bonds. The van der Waals surface area contributed by atoms with Gasteiger partial charge in [-0.2, -0.15) is 0 Å². The summed E-state index contributed by atoms with van der Waals surface area (Å²) in [6, 6.07) is 5.37. The minimum absolute atomic E-state index is 0.121. The summed E-state index contributed by atoms with van der Waals surface area (Å²) in [7, 11) is 0. The number of nitrogens with zero attached hydrogens (tertiary/aromatic N) is 1. The van der Waals surface area contributed by atoms with Gasteiger partial charge < -0.3 is 24.8 Å². The number of ether oxygens (including phenoxy) is 2. The Morgan fingerprint density at radius 3 is 3.05 bits per heavy atom. The fourth-order valence-corrected chi connectivity index (χ4v) is 2.96. The van der Waals surface area contributed by atoms with E-state index in [0.29, 0.717) is 37.8 Å². The Hall–Kier alpha value is -1.50. The van der Waals surface area contributed by atoms with Crippen LogP contribution in [-0.2, 0) is 9.53 Å². The van der Waals surface area contributed by atoms with Crippen LogP contribution in [0.5, 0.6) is 5.75 Å². The van der Waals surface area contributed by atoms with Gasteiger partial charge >= 0.3 is 0 Å². The van der Waals surface area contributed by atoms with E-state index >= 15 is 0 Å². The fourth-order valence-electron chi connectivity index (χ4n) is 2.79. The molecule has 1 atom stereocenters. The number of carbonyl (C=O) groups excluding carboxylic acids is 1. The Balaban J connectivity index is 1.69.